The number of carbonyl (C=O) groups excluding carboxylic acids is 6. The number of piperidine rings is 2. The SMILES string of the molecule is Nc1ncnc2c1c(-c1ccc(Oc3ccccc3)cc1)nn2[C@@H]1CCCN(C(=O)CCCN2CCN(C(=O)COCCNc3cccc4c3C(=O)N(C3CCC(=O)NC3=O)C4=O)CC2)C1. The summed E-state index contributed by atoms with van der Waals surface area (Å²) >= 11 is 0. The van der Waals surface area contributed by atoms with E-state index in [-0.39, 0.29) is 61.6 Å². The van der Waals surface area contributed by atoms with E-state index in [2.05, 4.69) is 25.5 Å². The molecule has 6 heterocycles. The van der Waals surface area contributed by atoms with Crippen LogP contribution in [0.3, 0.4) is 0 Å². The first-order chi connectivity index (χ1) is 32.1. The van der Waals surface area contributed by atoms with Gasteiger partial charge in [-0.2, -0.15) is 5.10 Å². The van der Waals surface area contributed by atoms with Crippen molar-refractivity contribution < 1.29 is 38.2 Å². The number of benzene rings is 3. The summed E-state index contributed by atoms with van der Waals surface area (Å²) in [6.07, 6.45) is 4.35. The van der Waals surface area contributed by atoms with Crippen LogP contribution in [-0.4, -0.2) is 146 Å². The number of imide groups is 2. The van der Waals surface area contributed by atoms with Gasteiger partial charge in [0.2, 0.25) is 23.6 Å². The maximum Gasteiger partial charge on any atom is 0.264 e. The van der Waals surface area contributed by atoms with Gasteiger partial charge in [0.05, 0.1) is 29.2 Å². The zero-order valence-corrected chi connectivity index (χ0v) is 36.4. The molecule has 3 aromatic carbocycles. The highest BCUT2D eigenvalue weighted by Gasteiger charge is 2.45. The van der Waals surface area contributed by atoms with Gasteiger partial charge in [-0.15, -0.1) is 0 Å². The van der Waals surface area contributed by atoms with Crippen LogP contribution in [0, 0.1) is 0 Å². The molecule has 1 unspecified atom stereocenters. The fourth-order valence-electron chi connectivity index (χ4n) is 9.14. The van der Waals surface area contributed by atoms with Gasteiger partial charge in [-0.3, -0.25) is 43.9 Å². The van der Waals surface area contributed by atoms with Crippen molar-refractivity contribution in [3.05, 3.63) is 90.3 Å². The number of nitrogens with zero attached hydrogens (tertiary/aromatic N) is 8. The zero-order valence-electron chi connectivity index (χ0n) is 36.4. The van der Waals surface area contributed by atoms with Crippen molar-refractivity contribution >= 4 is 58.0 Å². The number of nitrogens with two attached hydrogens (primary N) is 1. The molecule has 4 aliphatic heterocycles. The fraction of sp³-hybridized carbons (Fsp3) is 0.383. The molecule has 19 heteroatoms. The van der Waals surface area contributed by atoms with Crippen LogP contribution in [0.5, 0.6) is 11.5 Å². The Balaban J connectivity index is 0.701. The number of piperazine rings is 1. The standard InChI is InChI=1S/C47H51N11O8/c48-43-41-42(30-13-15-33(16-14-30)66-32-8-2-1-3-9-32)53-58(44(41)51-29-50-43)31-7-5-21-56(27-31)38(60)12-6-20-54-22-24-55(25-23-54)39(61)28-65-26-19-49-35-11-4-10-34-40(35)47(64)57(46(34)63)36-17-18-37(59)52-45(36)62/h1-4,8-11,13-16,29,31,36,49H,5-7,12,17-28H2,(H2,48,50,51)(H,52,59,62)/t31-,36?/m1/s1. The van der Waals surface area contributed by atoms with Crippen LogP contribution in [0.15, 0.2) is 79.1 Å². The first kappa shape index (κ1) is 44.0. The maximum absolute atomic E-state index is 13.6. The van der Waals surface area contributed by atoms with Gasteiger partial charge in [0.1, 0.15) is 42.0 Å². The van der Waals surface area contributed by atoms with Crippen LogP contribution in [0.4, 0.5) is 11.5 Å². The summed E-state index contributed by atoms with van der Waals surface area (Å²) in [6.45, 7) is 4.76. The molecule has 0 radical (unpaired) electrons. The van der Waals surface area contributed by atoms with Gasteiger partial charge in [-0.1, -0.05) is 24.3 Å². The summed E-state index contributed by atoms with van der Waals surface area (Å²) < 4.78 is 13.6. The molecule has 66 heavy (non-hydrogen) atoms. The van der Waals surface area contributed by atoms with E-state index >= 15 is 0 Å². The number of hydrogen-bond donors (Lipinski definition) is 3. The predicted octanol–water partition coefficient (Wildman–Crippen LogP) is 3.49. The third kappa shape index (κ3) is 9.30. The molecule has 3 saturated heterocycles. The number of fused-ring (bicyclic) bond motifs is 2. The Labute approximate surface area is 380 Å². The molecule has 19 nitrogen and oxygen atoms in total. The number of nitrogen functional groups attached to an aromatic ring is 1. The van der Waals surface area contributed by atoms with E-state index in [4.69, 9.17) is 20.3 Å². The number of hydrogen-bond acceptors (Lipinski definition) is 14. The van der Waals surface area contributed by atoms with Gasteiger partial charge >= 0.3 is 0 Å². The molecule has 4 N–H and O–H groups in total. The van der Waals surface area contributed by atoms with Crippen molar-refractivity contribution in [1.82, 2.24) is 44.7 Å². The molecule has 5 aromatic rings. The average Bonchev–Trinajstić information content (AvgIpc) is 3.85. The Morgan fingerprint density at radius 2 is 1.62 bits per heavy atom. The first-order valence-corrected chi connectivity index (χ1v) is 22.4. The van der Waals surface area contributed by atoms with Crippen molar-refractivity contribution in [1.29, 1.82) is 0 Å². The smallest absolute Gasteiger partial charge is 0.264 e. The molecule has 2 aromatic heterocycles. The van der Waals surface area contributed by atoms with Crippen LogP contribution in [0.1, 0.15) is 65.3 Å². The highest BCUT2D eigenvalue weighted by Crippen LogP contribution is 2.36. The van der Waals surface area contributed by atoms with Crippen LogP contribution in [0.2, 0.25) is 0 Å². The first-order valence-electron chi connectivity index (χ1n) is 22.4. The van der Waals surface area contributed by atoms with Gasteiger partial charge in [-0.05, 0) is 80.8 Å². The van der Waals surface area contributed by atoms with Crippen LogP contribution < -0.4 is 21.1 Å². The van der Waals surface area contributed by atoms with E-state index in [1.807, 2.05) is 64.2 Å². The topological polar surface area (TPSA) is 228 Å². The molecule has 2 atom stereocenters. The number of likely N-dealkylation sites (tertiary alicyclic amines) is 1. The Bertz CT molecular complexity index is 2650. The number of carbonyl (C=O) groups is 6. The molecule has 4 aliphatic rings. The summed E-state index contributed by atoms with van der Waals surface area (Å²) in [6, 6.07) is 21.0. The van der Waals surface area contributed by atoms with Crippen LogP contribution >= 0.6 is 0 Å². The van der Waals surface area contributed by atoms with Crippen LogP contribution in [0.25, 0.3) is 22.3 Å². The minimum absolute atomic E-state index is 0.0394. The van der Waals surface area contributed by atoms with E-state index in [1.165, 1.54) is 12.4 Å². The van der Waals surface area contributed by atoms with Crippen molar-refractivity contribution in [3.63, 3.8) is 0 Å². The van der Waals surface area contributed by atoms with Gasteiger partial charge in [0, 0.05) is 69.9 Å². The predicted molar refractivity (Wildman–Crippen MR) is 241 cm³/mol. The number of aromatic nitrogens is 4. The fourth-order valence-corrected chi connectivity index (χ4v) is 9.14. The molecule has 342 valence electrons. The minimum atomic E-state index is -1.05. The number of anilines is 2. The Hall–Kier alpha value is -7.25. The maximum atomic E-state index is 13.6. The van der Waals surface area contributed by atoms with Gasteiger partial charge in [-0.25, -0.2) is 14.6 Å². The minimum Gasteiger partial charge on any atom is -0.457 e. The highest BCUT2D eigenvalue weighted by molar-refractivity contribution is 6.25. The summed E-state index contributed by atoms with van der Waals surface area (Å²) in [5.74, 6) is -0.521. The van der Waals surface area contributed by atoms with E-state index in [0.29, 0.717) is 86.1 Å². The monoisotopic (exact) mass is 897 g/mol. The Morgan fingerprint density at radius 3 is 2.41 bits per heavy atom. The third-order valence-electron chi connectivity index (χ3n) is 12.6. The Kier molecular flexibility index (Phi) is 13.0. The molecule has 6 amide bonds. The molecule has 0 aliphatic carbocycles. The summed E-state index contributed by atoms with van der Waals surface area (Å²) in [5.41, 5.74) is 9.34. The van der Waals surface area contributed by atoms with E-state index < -0.39 is 29.7 Å². The number of amides is 6. The molecule has 9 rings (SSSR count). The molecular formula is C47H51N11O8. The lowest BCUT2D eigenvalue weighted by molar-refractivity contribution is -0.138. The highest BCUT2D eigenvalue weighted by atomic mass is 16.5. The molecule has 3 fully saturated rings. The second kappa shape index (κ2) is 19.5. The van der Waals surface area contributed by atoms with E-state index in [0.717, 1.165) is 35.6 Å². The largest absolute Gasteiger partial charge is 0.457 e. The van der Waals surface area contributed by atoms with Crippen molar-refractivity contribution in [3.8, 4) is 22.8 Å². The number of nitrogens with one attached hydrogen (secondary N) is 2. The average molecular weight is 898 g/mol. The molecular weight excluding hydrogens is 847 g/mol. The van der Waals surface area contributed by atoms with Crippen molar-refractivity contribution in [2.45, 2.75) is 50.6 Å². The van der Waals surface area contributed by atoms with Gasteiger partial charge in [0.25, 0.3) is 11.8 Å². The van der Waals surface area contributed by atoms with Crippen molar-refractivity contribution in [2.24, 2.45) is 0 Å². The molecule has 0 spiro atoms. The second-order valence-electron chi connectivity index (χ2n) is 16.8. The number of para-hydroxylation sites is 1. The van der Waals surface area contributed by atoms with Gasteiger partial charge < -0.3 is 30.3 Å². The Morgan fingerprint density at radius 1 is 0.833 bits per heavy atom. The third-order valence-corrected chi connectivity index (χ3v) is 12.6. The second-order valence-corrected chi connectivity index (χ2v) is 16.8. The van der Waals surface area contributed by atoms with Gasteiger partial charge in [0.15, 0.2) is 5.65 Å². The molecule has 0 saturated carbocycles. The quantitative estimate of drug-likeness (QED) is 0.101. The number of rotatable bonds is 15. The molecule has 0 bridgehead atoms. The summed E-state index contributed by atoms with van der Waals surface area (Å²) in [4.78, 5) is 92.8. The number of ether oxygens (including phenoxy) is 2. The lowest BCUT2D eigenvalue weighted by atomic mass is 10.0. The van der Waals surface area contributed by atoms with E-state index in [9.17, 15) is 28.8 Å². The summed E-state index contributed by atoms with van der Waals surface area (Å²) in [7, 11) is 0. The van der Waals surface area contributed by atoms with E-state index in [1.54, 1.807) is 17.0 Å². The van der Waals surface area contributed by atoms with Crippen LogP contribution in [-0.2, 0) is 23.9 Å². The normalized spacial score (nSPS) is 19.0. The zero-order chi connectivity index (χ0) is 45.7. The van der Waals surface area contributed by atoms with Crippen molar-refractivity contribution in [2.75, 3.05) is 76.6 Å². The lowest BCUT2D eigenvalue weighted by Gasteiger charge is -2.35. The lowest BCUT2D eigenvalue weighted by Crippen LogP contribution is -2.54. The summed E-state index contributed by atoms with van der Waals surface area (Å²) in [5, 5.41) is 11.0.